The Kier molecular flexibility index (Phi) is 10.2. The number of hydrogen-bond acceptors (Lipinski definition) is 5. The molecule has 1 heterocycles. The molecule has 8 nitrogen and oxygen atoms in total. The van der Waals surface area contributed by atoms with E-state index in [4.69, 9.17) is 21.5 Å². The van der Waals surface area contributed by atoms with E-state index in [1.165, 1.54) is 4.31 Å². The van der Waals surface area contributed by atoms with E-state index in [0.29, 0.717) is 36.8 Å². The molecule has 2 rings (SSSR count). The van der Waals surface area contributed by atoms with Gasteiger partial charge in [-0.15, -0.1) is 0 Å². The normalized spacial score (nSPS) is 15.2. The van der Waals surface area contributed by atoms with Crippen LogP contribution in [-0.4, -0.2) is 85.3 Å². The Morgan fingerprint density at radius 3 is 2.19 bits per heavy atom. The topological polar surface area (TPSA) is 107 Å². The number of amides is 1. The first-order valence-corrected chi connectivity index (χ1v) is 11.3. The number of hydrogen-bond donors (Lipinski definition) is 2. The molecule has 1 aliphatic heterocycles. The minimum Gasteiger partial charge on any atom is -0.475 e. The summed E-state index contributed by atoms with van der Waals surface area (Å²) in [4.78, 5) is 23.2. The van der Waals surface area contributed by atoms with Gasteiger partial charge in [-0.2, -0.15) is 17.5 Å². The molecule has 1 aliphatic rings. The van der Waals surface area contributed by atoms with Crippen LogP contribution in [-0.2, 0) is 14.8 Å². The number of sulfonamides is 1. The summed E-state index contributed by atoms with van der Waals surface area (Å²) in [5.74, 6) is -3.08. The van der Waals surface area contributed by atoms with Gasteiger partial charge in [0.1, 0.15) is 0 Å². The smallest absolute Gasteiger partial charge is 0.475 e. The Bertz CT molecular complexity index is 859. The number of rotatable bonds is 6. The van der Waals surface area contributed by atoms with Gasteiger partial charge in [0.25, 0.3) is 5.91 Å². The van der Waals surface area contributed by atoms with Gasteiger partial charge in [-0.25, -0.2) is 13.2 Å². The molecule has 0 saturated carbocycles. The average Bonchev–Trinajstić information content (AvgIpc) is 2.68. The fraction of sp³-hybridized carbons (Fsp3) is 0.556. The van der Waals surface area contributed by atoms with Crippen molar-refractivity contribution >= 4 is 33.5 Å². The predicted molar refractivity (Wildman–Crippen MR) is 110 cm³/mol. The SMILES string of the molecule is CC(C)N(CCS(=O)(=O)N1CCNCC1)C(=O)c1ccccc1Cl.O=C(O)C(F)(F)F. The summed E-state index contributed by atoms with van der Waals surface area (Å²) in [6.45, 7) is 6.15. The monoisotopic (exact) mass is 487 g/mol. The maximum atomic E-state index is 12.7. The van der Waals surface area contributed by atoms with Crippen LogP contribution in [0.2, 0.25) is 5.02 Å². The van der Waals surface area contributed by atoms with Gasteiger partial charge in [0.2, 0.25) is 10.0 Å². The molecular weight excluding hydrogens is 463 g/mol. The van der Waals surface area contributed by atoms with E-state index in [9.17, 15) is 26.4 Å². The highest BCUT2D eigenvalue weighted by Gasteiger charge is 2.38. The van der Waals surface area contributed by atoms with Crippen molar-refractivity contribution in [3.8, 4) is 0 Å². The number of aliphatic carboxylic acids is 1. The molecule has 0 spiro atoms. The maximum absolute atomic E-state index is 12.7. The summed E-state index contributed by atoms with van der Waals surface area (Å²) in [7, 11) is -3.37. The minimum atomic E-state index is -5.08. The summed E-state index contributed by atoms with van der Waals surface area (Å²) in [6.07, 6.45) is -5.08. The van der Waals surface area contributed by atoms with Crippen molar-refractivity contribution in [2.45, 2.75) is 26.1 Å². The van der Waals surface area contributed by atoms with Crippen LogP contribution in [0.4, 0.5) is 13.2 Å². The average molecular weight is 488 g/mol. The molecule has 1 fully saturated rings. The standard InChI is InChI=1S/C16H24ClN3O3S.C2HF3O2/c1-13(2)20(16(21)14-5-3-4-6-15(14)17)11-12-24(22,23)19-9-7-18-8-10-19;3-2(4,5)1(6)7/h3-6,13,18H,7-12H2,1-2H3;(H,6,7). The first-order chi connectivity index (χ1) is 14.3. The number of carbonyl (C=O) groups excluding carboxylic acids is 1. The van der Waals surface area contributed by atoms with Crippen molar-refractivity contribution in [2.75, 3.05) is 38.5 Å². The van der Waals surface area contributed by atoms with E-state index in [1.54, 1.807) is 29.2 Å². The Morgan fingerprint density at radius 1 is 1.23 bits per heavy atom. The molecule has 0 bridgehead atoms. The minimum absolute atomic E-state index is 0.0820. The third-order valence-corrected chi connectivity index (χ3v) is 6.47. The molecule has 0 atom stereocenters. The highest BCUT2D eigenvalue weighted by Crippen LogP contribution is 2.19. The van der Waals surface area contributed by atoms with E-state index < -0.39 is 22.2 Å². The number of carboxylic acids is 1. The number of carboxylic acid groups (broad SMARTS) is 1. The van der Waals surface area contributed by atoms with Crippen molar-refractivity contribution in [3.05, 3.63) is 34.9 Å². The van der Waals surface area contributed by atoms with Gasteiger partial charge in [0.05, 0.1) is 16.3 Å². The van der Waals surface area contributed by atoms with E-state index in [0.717, 1.165) is 0 Å². The summed E-state index contributed by atoms with van der Waals surface area (Å²) in [5, 5.41) is 10.6. The van der Waals surface area contributed by atoms with Crippen LogP contribution in [0.15, 0.2) is 24.3 Å². The zero-order valence-corrected chi connectivity index (χ0v) is 18.6. The summed E-state index contributed by atoms with van der Waals surface area (Å²) < 4.78 is 58.2. The molecule has 1 aromatic rings. The van der Waals surface area contributed by atoms with E-state index in [2.05, 4.69) is 5.32 Å². The number of halogens is 4. The van der Waals surface area contributed by atoms with Gasteiger partial charge in [0, 0.05) is 38.8 Å². The molecule has 1 saturated heterocycles. The van der Waals surface area contributed by atoms with Crippen LogP contribution >= 0.6 is 11.6 Å². The zero-order chi connectivity index (χ0) is 23.8. The van der Waals surface area contributed by atoms with Crippen molar-refractivity contribution in [3.63, 3.8) is 0 Å². The van der Waals surface area contributed by atoms with Crippen LogP contribution in [0, 0.1) is 0 Å². The van der Waals surface area contributed by atoms with Crippen molar-refractivity contribution in [1.29, 1.82) is 0 Å². The van der Waals surface area contributed by atoms with Crippen LogP contribution in [0.3, 0.4) is 0 Å². The molecular formula is C18H25ClF3N3O5S. The fourth-order valence-electron chi connectivity index (χ4n) is 2.65. The zero-order valence-electron chi connectivity index (χ0n) is 17.0. The van der Waals surface area contributed by atoms with E-state index in [-0.39, 0.29) is 24.2 Å². The largest absolute Gasteiger partial charge is 0.490 e. The van der Waals surface area contributed by atoms with Crippen molar-refractivity contribution in [2.24, 2.45) is 0 Å². The van der Waals surface area contributed by atoms with E-state index >= 15 is 0 Å². The quantitative estimate of drug-likeness (QED) is 0.636. The van der Waals surface area contributed by atoms with Gasteiger partial charge in [-0.1, -0.05) is 23.7 Å². The van der Waals surface area contributed by atoms with Crippen LogP contribution in [0.1, 0.15) is 24.2 Å². The summed E-state index contributed by atoms with van der Waals surface area (Å²) in [6, 6.07) is 6.70. The van der Waals surface area contributed by atoms with Crippen molar-refractivity contribution in [1.82, 2.24) is 14.5 Å². The lowest BCUT2D eigenvalue weighted by Crippen LogP contribution is -2.49. The third kappa shape index (κ3) is 8.63. The van der Waals surface area contributed by atoms with Gasteiger partial charge in [-0.05, 0) is 26.0 Å². The molecule has 0 aromatic heterocycles. The molecule has 31 heavy (non-hydrogen) atoms. The second-order valence-corrected chi connectivity index (χ2v) is 9.34. The third-order valence-electron chi connectivity index (χ3n) is 4.29. The first-order valence-electron chi connectivity index (χ1n) is 9.31. The van der Waals surface area contributed by atoms with Gasteiger partial charge < -0.3 is 15.3 Å². The Labute approximate surface area is 184 Å². The number of nitrogens with zero attached hydrogens (tertiary/aromatic N) is 2. The Hall–Kier alpha value is -1.89. The number of nitrogens with one attached hydrogen (secondary N) is 1. The lowest BCUT2D eigenvalue weighted by atomic mass is 10.1. The van der Waals surface area contributed by atoms with Crippen molar-refractivity contribution < 1.29 is 36.3 Å². The van der Waals surface area contributed by atoms with Crippen LogP contribution in [0.25, 0.3) is 0 Å². The summed E-state index contributed by atoms with van der Waals surface area (Å²) >= 11 is 6.10. The molecule has 0 aliphatic carbocycles. The van der Waals surface area contributed by atoms with Gasteiger partial charge in [0.15, 0.2) is 0 Å². The highest BCUT2D eigenvalue weighted by molar-refractivity contribution is 7.89. The Morgan fingerprint density at radius 2 is 1.74 bits per heavy atom. The molecule has 13 heteroatoms. The lowest BCUT2D eigenvalue weighted by molar-refractivity contribution is -0.192. The first kappa shape index (κ1) is 27.1. The van der Waals surface area contributed by atoms with Gasteiger partial charge >= 0.3 is 12.1 Å². The molecule has 176 valence electrons. The second kappa shape index (κ2) is 11.7. The molecule has 0 unspecified atom stereocenters. The highest BCUT2D eigenvalue weighted by atomic mass is 35.5. The van der Waals surface area contributed by atoms with Gasteiger partial charge in [-0.3, -0.25) is 4.79 Å². The number of alkyl halides is 3. The second-order valence-electron chi connectivity index (χ2n) is 6.84. The lowest BCUT2D eigenvalue weighted by Gasteiger charge is -2.30. The predicted octanol–water partition coefficient (Wildman–Crippen LogP) is 2.06. The van der Waals surface area contributed by atoms with Crippen LogP contribution < -0.4 is 5.32 Å². The molecule has 1 amide bonds. The maximum Gasteiger partial charge on any atom is 0.490 e. The number of piperazine rings is 1. The molecule has 0 radical (unpaired) electrons. The Balaban J connectivity index is 0.000000592. The summed E-state index contributed by atoms with van der Waals surface area (Å²) in [5.41, 5.74) is 0.396. The number of benzene rings is 1. The van der Waals surface area contributed by atoms with Crippen LogP contribution in [0.5, 0.6) is 0 Å². The number of carbonyl (C=O) groups is 2. The fourth-order valence-corrected chi connectivity index (χ4v) is 4.29. The molecule has 1 aromatic carbocycles. The van der Waals surface area contributed by atoms with E-state index in [1.807, 2.05) is 13.8 Å². The molecule has 2 N–H and O–H groups in total.